The van der Waals surface area contributed by atoms with Crippen molar-refractivity contribution in [1.82, 2.24) is 5.48 Å². The van der Waals surface area contributed by atoms with Gasteiger partial charge in [0.15, 0.2) is 6.21 Å². The van der Waals surface area contributed by atoms with Gasteiger partial charge in [-0.3, -0.25) is 10.7 Å². The van der Waals surface area contributed by atoms with Gasteiger partial charge in [0.25, 0.3) is 0 Å². The topological polar surface area (TPSA) is 58.3 Å². The summed E-state index contributed by atoms with van der Waals surface area (Å²) in [7, 11) is 0. The average molecular weight is 250 g/mol. The lowest BCUT2D eigenvalue weighted by molar-refractivity contribution is -0.394. The predicted octanol–water partition coefficient (Wildman–Crippen LogP) is 2.65. The van der Waals surface area contributed by atoms with Gasteiger partial charge in [-0.15, -0.1) is 0 Å². The van der Waals surface area contributed by atoms with E-state index >= 15 is 0 Å². The Labute approximate surface area is 105 Å². The highest BCUT2D eigenvalue weighted by atomic mass is 19.1. The van der Waals surface area contributed by atoms with Crippen LogP contribution in [0.2, 0.25) is 0 Å². The summed E-state index contributed by atoms with van der Waals surface area (Å²) in [5.74, 6) is -0.381. The van der Waals surface area contributed by atoms with E-state index in [0.717, 1.165) is 0 Å². The molecular formula is C13H15FN2O2. The summed E-state index contributed by atoms with van der Waals surface area (Å²) in [6.45, 7) is 3.34. The molecule has 0 heterocycles. The van der Waals surface area contributed by atoms with Crippen molar-refractivity contribution in [1.29, 1.82) is 0 Å². The molecule has 0 aliphatic carbocycles. The van der Waals surface area contributed by atoms with Crippen LogP contribution in [0.5, 0.6) is 0 Å². The molecule has 1 aromatic rings. The van der Waals surface area contributed by atoms with E-state index in [0.29, 0.717) is 10.3 Å². The molecule has 0 bridgehead atoms. The summed E-state index contributed by atoms with van der Waals surface area (Å²) < 4.78 is 13.4. The fourth-order valence-corrected chi connectivity index (χ4v) is 1.36. The van der Waals surface area contributed by atoms with E-state index in [-0.39, 0.29) is 17.2 Å². The maximum atomic E-state index is 12.8. The van der Waals surface area contributed by atoms with E-state index in [1.54, 1.807) is 26.0 Å². The molecule has 0 aliphatic heterocycles. The molecule has 0 unspecified atom stereocenters. The van der Waals surface area contributed by atoms with Crippen LogP contribution in [0.4, 0.5) is 4.39 Å². The molecule has 0 aromatic heterocycles. The fourth-order valence-electron chi connectivity index (χ4n) is 1.36. The molecule has 0 radical (unpaired) electrons. The number of halogens is 1. The Bertz CT molecular complexity index is 490. The molecule has 18 heavy (non-hydrogen) atoms. The van der Waals surface area contributed by atoms with Crippen molar-refractivity contribution >= 4 is 11.9 Å². The minimum Gasteiger partial charge on any atom is -0.618 e. The third kappa shape index (κ3) is 3.43. The summed E-state index contributed by atoms with van der Waals surface area (Å²) in [6.07, 6.45) is 4.61. The Kier molecular flexibility index (Phi) is 5.07. The number of rotatable bonds is 4. The fraction of sp³-hybridized carbons (Fsp3) is 0.154. The molecule has 0 saturated heterocycles. The van der Waals surface area contributed by atoms with Crippen LogP contribution < -0.4 is 5.48 Å². The molecule has 0 spiro atoms. The number of hydroxylamine groups is 2. The van der Waals surface area contributed by atoms with Gasteiger partial charge in [-0.1, -0.05) is 6.08 Å². The van der Waals surface area contributed by atoms with Gasteiger partial charge in [-0.2, -0.15) is 4.74 Å². The Hall–Kier alpha value is -2.14. The number of hydrogen-bond acceptors (Lipinski definition) is 3. The van der Waals surface area contributed by atoms with Crippen LogP contribution in [0, 0.1) is 11.0 Å². The third-order valence-electron chi connectivity index (χ3n) is 2.35. The van der Waals surface area contributed by atoms with E-state index in [1.165, 1.54) is 30.5 Å². The quantitative estimate of drug-likeness (QED) is 0.374. The van der Waals surface area contributed by atoms with Gasteiger partial charge in [-0.05, 0) is 37.3 Å². The van der Waals surface area contributed by atoms with Gasteiger partial charge in [0, 0.05) is 12.5 Å². The Morgan fingerprint density at radius 1 is 1.39 bits per heavy atom. The second-order valence-electron chi connectivity index (χ2n) is 3.58. The van der Waals surface area contributed by atoms with E-state index < -0.39 is 0 Å². The van der Waals surface area contributed by atoms with Crippen molar-refractivity contribution in [2.75, 3.05) is 0 Å². The summed E-state index contributed by atoms with van der Waals surface area (Å²) >= 11 is 0. The molecule has 0 amide bonds. The molecule has 2 N–H and O–H groups in total. The molecule has 4 nitrogen and oxygen atoms in total. The van der Waals surface area contributed by atoms with Crippen molar-refractivity contribution in [2.45, 2.75) is 13.8 Å². The summed E-state index contributed by atoms with van der Waals surface area (Å²) in [6, 6.07) is 5.46. The predicted molar refractivity (Wildman–Crippen MR) is 68.4 cm³/mol. The average Bonchev–Trinajstić information content (AvgIpc) is 2.38. The first kappa shape index (κ1) is 13.9. The Morgan fingerprint density at radius 2 is 2.00 bits per heavy atom. The Morgan fingerprint density at radius 3 is 2.50 bits per heavy atom. The molecular weight excluding hydrogens is 235 g/mol. The Balaban J connectivity index is 3.18. The smallest absolute Gasteiger partial charge is 0.215 e. The van der Waals surface area contributed by atoms with Crippen LogP contribution in [0.25, 0.3) is 5.70 Å². The van der Waals surface area contributed by atoms with Gasteiger partial charge in [0.05, 0.1) is 0 Å². The normalized spacial score (nSPS) is 13.7. The highest BCUT2D eigenvalue weighted by Gasteiger charge is 2.11. The van der Waals surface area contributed by atoms with Gasteiger partial charge >= 0.3 is 0 Å². The van der Waals surface area contributed by atoms with Crippen LogP contribution in [-0.2, 0) is 0 Å². The first-order valence-corrected chi connectivity index (χ1v) is 5.39. The lowest BCUT2D eigenvalue weighted by Gasteiger charge is -2.09. The molecule has 0 saturated carbocycles. The number of benzene rings is 1. The van der Waals surface area contributed by atoms with E-state index in [1.807, 2.05) is 5.48 Å². The SMILES string of the molecule is CC=CC=[N+]([O-])C(C)=C(NO)c1ccc(F)cc1. The maximum Gasteiger partial charge on any atom is 0.215 e. The largest absolute Gasteiger partial charge is 0.618 e. The lowest BCUT2D eigenvalue weighted by atomic mass is 10.1. The standard InChI is InChI=1S/C13H15FN2O2/c1-3-4-9-16(18)10(2)13(15-17)11-5-7-12(14)8-6-11/h3-9,15,17H,1-2H3. The van der Waals surface area contributed by atoms with Crippen molar-refractivity contribution in [2.24, 2.45) is 0 Å². The van der Waals surface area contributed by atoms with Crippen LogP contribution in [0.15, 0.2) is 42.1 Å². The molecule has 0 atom stereocenters. The zero-order valence-corrected chi connectivity index (χ0v) is 10.2. The summed E-state index contributed by atoms with van der Waals surface area (Å²) in [4.78, 5) is 0. The van der Waals surface area contributed by atoms with E-state index in [4.69, 9.17) is 5.21 Å². The first-order chi connectivity index (χ1) is 8.60. The molecule has 96 valence electrons. The van der Waals surface area contributed by atoms with Gasteiger partial charge in [0.1, 0.15) is 11.5 Å². The number of allylic oxidation sites excluding steroid dienone is 3. The van der Waals surface area contributed by atoms with E-state index in [2.05, 4.69) is 0 Å². The molecule has 0 aliphatic rings. The van der Waals surface area contributed by atoms with E-state index in [9.17, 15) is 9.60 Å². The maximum absolute atomic E-state index is 12.8. The first-order valence-electron chi connectivity index (χ1n) is 5.39. The highest BCUT2D eigenvalue weighted by molar-refractivity contribution is 5.69. The molecule has 1 rings (SSSR count). The molecule has 1 aromatic carbocycles. The second-order valence-corrected chi connectivity index (χ2v) is 3.58. The van der Waals surface area contributed by atoms with Crippen molar-refractivity contribution < 1.29 is 14.3 Å². The number of nitrogens with one attached hydrogen (secondary N) is 1. The van der Waals surface area contributed by atoms with Gasteiger partial charge in [-0.25, -0.2) is 4.39 Å². The monoisotopic (exact) mass is 250 g/mol. The van der Waals surface area contributed by atoms with Crippen LogP contribution in [-0.4, -0.2) is 16.2 Å². The third-order valence-corrected chi connectivity index (χ3v) is 2.35. The van der Waals surface area contributed by atoms with Gasteiger partial charge < -0.3 is 5.21 Å². The molecule has 5 heteroatoms. The zero-order valence-electron chi connectivity index (χ0n) is 10.2. The van der Waals surface area contributed by atoms with Crippen LogP contribution in [0.1, 0.15) is 19.4 Å². The minimum atomic E-state index is -0.381. The summed E-state index contributed by atoms with van der Waals surface area (Å²) in [5, 5.41) is 20.8. The van der Waals surface area contributed by atoms with Gasteiger partial charge in [0.2, 0.25) is 5.70 Å². The number of nitrogens with zero attached hydrogens (tertiary/aromatic N) is 1. The number of hydrogen-bond donors (Lipinski definition) is 2. The summed E-state index contributed by atoms with van der Waals surface area (Å²) in [5.41, 5.74) is 2.98. The zero-order chi connectivity index (χ0) is 13.5. The van der Waals surface area contributed by atoms with Crippen molar-refractivity contribution in [3.63, 3.8) is 0 Å². The van der Waals surface area contributed by atoms with Crippen LogP contribution in [0.3, 0.4) is 0 Å². The van der Waals surface area contributed by atoms with Crippen LogP contribution >= 0.6 is 0 Å². The highest BCUT2D eigenvalue weighted by Crippen LogP contribution is 2.16. The van der Waals surface area contributed by atoms with Crippen molar-refractivity contribution in [3.05, 3.63) is 58.7 Å². The van der Waals surface area contributed by atoms with Crippen molar-refractivity contribution in [3.8, 4) is 0 Å². The molecule has 0 fully saturated rings. The second kappa shape index (κ2) is 6.56. The lowest BCUT2D eigenvalue weighted by Crippen LogP contribution is -2.13. The minimum absolute atomic E-state index is 0.228.